The molecular formula is C16H16FNO3S. The number of thiophene rings is 1. The Kier molecular flexibility index (Phi) is 4.92. The van der Waals surface area contributed by atoms with Crippen LogP contribution >= 0.6 is 11.3 Å². The maximum atomic E-state index is 13.5. The minimum Gasteiger partial charge on any atom is -0.449 e. The average Bonchev–Trinajstić information content (AvgIpc) is 2.80. The van der Waals surface area contributed by atoms with E-state index in [4.69, 9.17) is 4.74 Å². The van der Waals surface area contributed by atoms with Crippen molar-refractivity contribution in [3.63, 3.8) is 0 Å². The van der Waals surface area contributed by atoms with Crippen molar-refractivity contribution in [1.29, 1.82) is 0 Å². The minimum absolute atomic E-state index is 0.0537. The number of ether oxygens (including phenoxy) is 1. The Labute approximate surface area is 131 Å². The molecule has 0 aliphatic carbocycles. The smallest absolute Gasteiger partial charge is 0.340 e. The van der Waals surface area contributed by atoms with Crippen molar-refractivity contribution in [2.45, 2.75) is 26.9 Å². The number of nitrogens with one attached hydrogen (secondary N) is 1. The third-order valence-electron chi connectivity index (χ3n) is 3.05. The van der Waals surface area contributed by atoms with Crippen LogP contribution < -0.4 is 5.32 Å². The number of amides is 1. The normalized spacial score (nSPS) is 11.8. The van der Waals surface area contributed by atoms with Crippen molar-refractivity contribution in [2.75, 3.05) is 5.32 Å². The lowest BCUT2D eigenvalue weighted by Crippen LogP contribution is -2.30. The summed E-state index contributed by atoms with van der Waals surface area (Å²) < 4.78 is 18.6. The van der Waals surface area contributed by atoms with Crippen LogP contribution in [0.4, 0.5) is 10.1 Å². The number of carbonyl (C=O) groups excluding carboxylic acids is 2. The van der Waals surface area contributed by atoms with Crippen LogP contribution in [0.15, 0.2) is 30.3 Å². The van der Waals surface area contributed by atoms with Crippen molar-refractivity contribution in [1.82, 2.24) is 0 Å². The summed E-state index contributed by atoms with van der Waals surface area (Å²) in [5.41, 5.74) is 0.506. The highest BCUT2D eigenvalue weighted by Gasteiger charge is 2.21. The Hall–Kier alpha value is -2.21. The van der Waals surface area contributed by atoms with Gasteiger partial charge in [0.1, 0.15) is 5.82 Å². The summed E-state index contributed by atoms with van der Waals surface area (Å²) in [6.07, 6.45) is -1.02. The van der Waals surface area contributed by atoms with Gasteiger partial charge in [0.2, 0.25) is 0 Å². The molecule has 1 aromatic carbocycles. The van der Waals surface area contributed by atoms with Crippen LogP contribution in [0, 0.1) is 19.7 Å². The first-order valence-electron chi connectivity index (χ1n) is 6.72. The van der Waals surface area contributed by atoms with Crippen molar-refractivity contribution >= 4 is 28.9 Å². The van der Waals surface area contributed by atoms with E-state index < -0.39 is 23.8 Å². The molecule has 0 bridgehead atoms. The topological polar surface area (TPSA) is 55.4 Å². The molecule has 4 nitrogen and oxygen atoms in total. The van der Waals surface area contributed by atoms with E-state index in [1.165, 1.54) is 36.5 Å². The van der Waals surface area contributed by atoms with Crippen LogP contribution in [0.25, 0.3) is 0 Å². The molecule has 0 radical (unpaired) electrons. The summed E-state index contributed by atoms with van der Waals surface area (Å²) >= 11 is 1.49. The molecule has 1 atom stereocenters. The number of rotatable bonds is 4. The molecule has 0 unspecified atom stereocenters. The number of hydrogen-bond donors (Lipinski definition) is 1. The molecule has 1 amide bonds. The SMILES string of the molecule is Cc1cc(C(=O)O[C@H](C)C(=O)Nc2ccccc2F)c(C)s1. The Balaban J connectivity index is 2.01. The molecule has 6 heteroatoms. The van der Waals surface area contributed by atoms with E-state index in [0.29, 0.717) is 5.56 Å². The zero-order valence-electron chi connectivity index (χ0n) is 12.5. The molecule has 0 saturated heterocycles. The number of para-hydroxylation sites is 1. The second kappa shape index (κ2) is 6.70. The molecule has 0 aliphatic heterocycles. The summed E-state index contributed by atoms with van der Waals surface area (Å²) in [6.45, 7) is 5.16. The van der Waals surface area contributed by atoms with E-state index in [1.54, 1.807) is 12.1 Å². The third-order valence-corrected chi connectivity index (χ3v) is 4.01. The van der Waals surface area contributed by atoms with E-state index in [1.807, 2.05) is 13.8 Å². The minimum atomic E-state index is -1.02. The average molecular weight is 321 g/mol. The molecule has 0 fully saturated rings. The molecule has 2 aromatic rings. The molecule has 116 valence electrons. The van der Waals surface area contributed by atoms with Crippen LogP contribution in [0.2, 0.25) is 0 Å². The zero-order valence-corrected chi connectivity index (χ0v) is 13.3. The molecule has 0 saturated carbocycles. The lowest BCUT2D eigenvalue weighted by Gasteiger charge is -2.13. The highest BCUT2D eigenvalue weighted by molar-refractivity contribution is 7.12. The van der Waals surface area contributed by atoms with Crippen molar-refractivity contribution in [2.24, 2.45) is 0 Å². The zero-order chi connectivity index (χ0) is 16.3. The lowest BCUT2D eigenvalue weighted by atomic mass is 10.2. The quantitative estimate of drug-likeness (QED) is 0.874. The van der Waals surface area contributed by atoms with Crippen LogP contribution in [0.1, 0.15) is 27.0 Å². The largest absolute Gasteiger partial charge is 0.449 e. The van der Waals surface area contributed by atoms with Gasteiger partial charge in [-0.1, -0.05) is 12.1 Å². The van der Waals surface area contributed by atoms with Gasteiger partial charge in [-0.3, -0.25) is 4.79 Å². The summed E-state index contributed by atoms with van der Waals surface area (Å²) in [5, 5.41) is 2.40. The monoisotopic (exact) mass is 321 g/mol. The Morgan fingerprint density at radius 2 is 1.95 bits per heavy atom. The predicted molar refractivity (Wildman–Crippen MR) is 83.7 cm³/mol. The van der Waals surface area contributed by atoms with Gasteiger partial charge in [0.25, 0.3) is 5.91 Å². The first kappa shape index (κ1) is 16.2. The predicted octanol–water partition coefficient (Wildman–Crippen LogP) is 3.69. The summed E-state index contributed by atoms with van der Waals surface area (Å²) in [4.78, 5) is 25.8. The first-order chi connectivity index (χ1) is 10.4. The standard InChI is InChI=1S/C16H16FNO3S/c1-9-8-12(11(3)22-9)16(20)21-10(2)15(19)18-14-7-5-4-6-13(14)17/h4-8,10H,1-3H3,(H,18,19)/t10-/m1/s1. The number of hydrogen-bond acceptors (Lipinski definition) is 4. The molecule has 1 aromatic heterocycles. The van der Waals surface area contributed by atoms with Gasteiger partial charge >= 0.3 is 5.97 Å². The second-order valence-corrected chi connectivity index (χ2v) is 6.30. The number of esters is 1. The van der Waals surface area contributed by atoms with Crippen LogP contribution in [-0.4, -0.2) is 18.0 Å². The second-order valence-electron chi connectivity index (χ2n) is 4.84. The maximum absolute atomic E-state index is 13.5. The highest BCUT2D eigenvalue weighted by Crippen LogP contribution is 2.22. The van der Waals surface area contributed by atoms with Crippen molar-refractivity contribution in [3.8, 4) is 0 Å². The van der Waals surface area contributed by atoms with Crippen molar-refractivity contribution in [3.05, 3.63) is 51.5 Å². The van der Waals surface area contributed by atoms with Crippen LogP contribution in [0.5, 0.6) is 0 Å². The maximum Gasteiger partial charge on any atom is 0.340 e. The van der Waals surface area contributed by atoms with E-state index in [9.17, 15) is 14.0 Å². The fourth-order valence-corrected chi connectivity index (χ4v) is 2.82. The van der Waals surface area contributed by atoms with Crippen LogP contribution in [0.3, 0.4) is 0 Å². The van der Waals surface area contributed by atoms with Gasteiger partial charge in [-0.05, 0) is 39.0 Å². The molecule has 2 rings (SSSR count). The molecule has 1 N–H and O–H groups in total. The van der Waals surface area contributed by atoms with Gasteiger partial charge in [-0.15, -0.1) is 11.3 Å². The number of aryl methyl sites for hydroxylation is 2. The fraction of sp³-hybridized carbons (Fsp3) is 0.250. The fourth-order valence-electron chi connectivity index (χ4n) is 1.91. The van der Waals surface area contributed by atoms with Gasteiger partial charge in [0, 0.05) is 9.75 Å². The van der Waals surface area contributed by atoms with Gasteiger partial charge in [0.15, 0.2) is 6.10 Å². The van der Waals surface area contributed by atoms with E-state index in [-0.39, 0.29) is 5.69 Å². The van der Waals surface area contributed by atoms with Gasteiger partial charge in [-0.2, -0.15) is 0 Å². The van der Waals surface area contributed by atoms with Crippen LogP contribution in [-0.2, 0) is 9.53 Å². The molecule has 22 heavy (non-hydrogen) atoms. The molecule has 1 heterocycles. The summed E-state index contributed by atoms with van der Waals surface area (Å²) in [7, 11) is 0. The molecular weight excluding hydrogens is 305 g/mol. The number of halogens is 1. The number of carbonyl (C=O) groups is 2. The lowest BCUT2D eigenvalue weighted by molar-refractivity contribution is -0.123. The molecule has 0 aliphatic rings. The molecule has 0 spiro atoms. The Morgan fingerprint density at radius 1 is 1.27 bits per heavy atom. The number of anilines is 1. The highest BCUT2D eigenvalue weighted by atomic mass is 32.1. The van der Waals surface area contributed by atoms with Crippen molar-refractivity contribution < 1.29 is 18.7 Å². The number of benzene rings is 1. The third kappa shape index (κ3) is 3.71. The first-order valence-corrected chi connectivity index (χ1v) is 7.53. The van der Waals surface area contributed by atoms with E-state index >= 15 is 0 Å². The summed E-state index contributed by atoms with van der Waals surface area (Å²) in [5.74, 6) is -1.68. The summed E-state index contributed by atoms with van der Waals surface area (Å²) in [6, 6.07) is 7.53. The van der Waals surface area contributed by atoms with E-state index in [2.05, 4.69) is 5.32 Å². The van der Waals surface area contributed by atoms with E-state index in [0.717, 1.165) is 9.75 Å². The van der Waals surface area contributed by atoms with Gasteiger partial charge in [-0.25, -0.2) is 9.18 Å². The Bertz CT molecular complexity index is 711. The Morgan fingerprint density at radius 3 is 2.55 bits per heavy atom. The van der Waals surface area contributed by atoms with Gasteiger partial charge in [0.05, 0.1) is 11.3 Å². The van der Waals surface area contributed by atoms with Gasteiger partial charge < -0.3 is 10.1 Å².